The normalized spacial score (nSPS) is 10.7. The van der Waals surface area contributed by atoms with E-state index in [9.17, 15) is 4.79 Å². The Balaban J connectivity index is 2.27. The highest BCUT2D eigenvalue weighted by Gasteiger charge is 2.07. The van der Waals surface area contributed by atoms with E-state index in [1.165, 1.54) is 5.56 Å². The Labute approximate surface area is 133 Å². The van der Waals surface area contributed by atoms with Gasteiger partial charge < -0.3 is 9.64 Å². The van der Waals surface area contributed by atoms with Gasteiger partial charge in [0.15, 0.2) is 0 Å². The Morgan fingerprint density at radius 2 is 2.10 bits per heavy atom. The Hall–Kier alpha value is -1.22. The highest BCUT2D eigenvalue weighted by atomic mass is 35.5. The van der Waals surface area contributed by atoms with Crippen molar-refractivity contribution >= 4 is 17.5 Å². The number of alkyl halides is 1. The van der Waals surface area contributed by atoms with Gasteiger partial charge in [-0.1, -0.05) is 26.0 Å². The molecule has 0 aliphatic carbocycles. The summed E-state index contributed by atoms with van der Waals surface area (Å²) in [4.78, 5) is 13.5. The van der Waals surface area contributed by atoms with Gasteiger partial charge in [-0.3, -0.25) is 4.79 Å². The highest BCUT2D eigenvalue weighted by molar-refractivity contribution is 6.17. The quantitative estimate of drug-likeness (QED) is 0.508. The standard InChI is InChI=1S/C17H26ClNO2/c1-14(2)15-7-4-8-16(13-15)21-12-6-11-19(3)17(20)9-5-10-18/h4,7-8,13-14H,5-6,9-12H2,1-3H3. The number of hydrogen-bond donors (Lipinski definition) is 0. The molecule has 118 valence electrons. The molecule has 1 aromatic rings. The number of benzene rings is 1. The fraction of sp³-hybridized carbons (Fsp3) is 0.588. The Morgan fingerprint density at radius 1 is 1.33 bits per heavy atom. The van der Waals surface area contributed by atoms with Crippen LogP contribution < -0.4 is 4.74 Å². The molecule has 0 radical (unpaired) electrons. The first kappa shape index (κ1) is 17.8. The lowest BCUT2D eigenvalue weighted by atomic mass is 10.0. The van der Waals surface area contributed by atoms with Gasteiger partial charge >= 0.3 is 0 Å². The minimum Gasteiger partial charge on any atom is -0.494 e. The van der Waals surface area contributed by atoms with Crippen LogP contribution in [0.5, 0.6) is 5.75 Å². The molecule has 0 spiro atoms. The predicted octanol–water partition coefficient (Wildman–Crippen LogP) is 4.06. The molecule has 0 saturated carbocycles. The number of carbonyl (C=O) groups excluding carboxylic acids is 1. The highest BCUT2D eigenvalue weighted by Crippen LogP contribution is 2.20. The van der Waals surface area contributed by atoms with Crippen molar-refractivity contribution in [3.8, 4) is 5.75 Å². The molecule has 0 aliphatic rings. The minimum atomic E-state index is 0.150. The molecule has 1 rings (SSSR count). The van der Waals surface area contributed by atoms with Crippen LogP contribution in [0.1, 0.15) is 44.6 Å². The van der Waals surface area contributed by atoms with Crippen LogP contribution in [0.25, 0.3) is 0 Å². The van der Waals surface area contributed by atoms with Crippen molar-refractivity contribution in [2.24, 2.45) is 0 Å². The van der Waals surface area contributed by atoms with Crippen LogP contribution in [0.3, 0.4) is 0 Å². The Bertz CT molecular complexity index is 435. The minimum absolute atomic E-state index is 0.150. The van der Waals surface area contributed by atoms with E-state index in [1.807, 2.05) is 19.2 Å². The topological polar surface area (TPSA) is 29.5 Å². The third-order valence-corrected chi connectivity index (χ3v) is 3.65. The molecule has 1 aromatic carbocycles. The zero-order valence-corrected chi connectivity index (χ0v) is 14.0. The summed E-state index contributed by atoms with van der Waals surface area (Å²) in [7, 11) is 1.83. The first-order chi connectivity index (χ1) is 10.0. The van der Waals surface area contributed by atoms with E-state index in [2.05, 4.69) is 26.0 Å². The number of hydrogen-bond acceptors (Lipinski definition) is 2. The van der Waals surface area contributed by atoms with E-state index in [-0.39, 0.29) is 5.91 Å². The fourth-order valence-corrected chi connectivity index (χ4v) is 2.12. The van der Waals surface area contributed by atoms with Crippen molar-refractivity contribution in [2.75, 3.05) is 26.1 Å². The van der Waals surface area contributed by atoms with Crippen molar-refractivity contribution in [1.29, 1.82) is 0 Å². The van der Waals surface area contributed by atoms with Gasteiger partial charge in [0.2, 0.25) is 5.91 Å². The average molecular weight is 312 g/mol. The van der Waals surface area contributed by atoms with Gasteiger partial charge in [-0.25, -0.2) is 0 Å². The molecule has 0 unspecified atom stereocenters. The third kappa shape index (κ3) is 6.85. The second-order valence-electron chi connectivity index (χ2n) is 5.54. The maximum absolute atomic E-state index is 11.7. The molecule has 0 atom stereocenters. The number of rotatable bonds is 9. The van der Waals surface area contributed by atoms with Crippen molar-refractivity contribution in [2.45, 2.75) is 39.0 Å². The van der Waals surface area contributed by atoms with Crippen molar-refractivity contribution in [3.63, 3.8) is 0 Å². The fourth-order valence-electron chi connectivity index (χ4n) is 1.99. The summed E-state index contributed by atoms with van der Waals surface area (Å²) >= 11 is 5.59. The van der Waals surface area contributed by atoms with Crippen LogP contribution in [0.4, 0.5) is 0 Å². The Morgan fingerprint density at radius 3 is 2.76 bits per heavy atom. The molecular formula is C17H26ClNO2. The Kier molecular flexibility index (Phi) is 8.21. The van der Waals surface area contributed by atoms with Gasteiger partial charge in [-0.15, -0.1) is 11.6 Å². The first-order valence-electron chi connectivity index (χ1n) is 7.57. The van der Waals surface area contributed by atoms with E-state index in [0.717, 1.165) is 18.6 Å². The summed E-state index contributed by atoms with van der Waals surface area (Å²) in [5, 5.41) is 0. The van der Waals surface area contributed by atoms with Crippen LogP contribution in [0.2, 0.25) is 0 Å². The summed E-state index contributed by atoms with van der Waals surface area (Å²) in [6.45, 7) is 5.67. The lowest BCUT2D eigenvalue weighted by Gasteiger charge is -2.17. The zero-order chi connectivity index (χ0) is 15.7. The average Bonchev–Trinajstić information content (AvgIpc) is 2.49. The second kappa shape index (κ2) is 9.67. The summed E-state index contributed by atoms with van der Waals surface area (Å²) in [5.74, 6) is 2.09. The summed E-state index contributed by atoms with van der Waals surface area (Å²) in [5.41, 5.74) is 1.28. The lowest BCUT2D eigenvalue weighted by Crippen LogP contribution is -2.28. The van der Waals surface area contributed by atoms with Crippen LogP contribution in [0, 0.1) is 0 Å². The number of halogens is 1. The number of ether oxygens (including phenoxy) is 1. The molecule has 0 fully saturated rings. The first-order valence-corrected chi connectivity index (χ1v) is 8.10. The number of carbonyl (C=O) groups is 1. The predicted molar refractivity (Wildman–Crippen MR) is 88.2 cm³/mol. The zero-order valence-electron chi connectivity index (χ0n) is 13.3. The molecule has 3 nitrogen and oxygen atoms in total. The third-order valence-electron chi connectivity index (χ3n) is 3.38. The molecule has 0 aromatic heterocycles. The summed E-state index contributed by atoms with van der Waals surface area (Å²) < 4.78 is 5.75. The monoisotopic (exact) mass is 311 g/mol. The van der Waals surface area contributed by atoms with Crippen LogP contribution in [-0.2, 0) is 4.79 Å². The van der Waals surface area contributed by atoms with Crippen LogP contribution in [-0.4, -0.2) is 36.9 Å². The SMILES string of the molecule is CC(C)c1cccc(OCCCN(C)C(=O)CCCCl)c1. The van der Waals surface area contributed by atoms with Gasteiger partial charge in [0, 0.05) is 25.9 Å². The molecule has 0 aliphatic heterocycles. The van der Waals surface area contributed by atoms with E-state index < -0.39 is 0 Å². The summed E-state index contributed by atoms with van der Waals surface area (Å²) in [6.07, 6.45) is 2.09. The lowest BCUT2D eigenvalue weighted by molar-refractivity contribution is -0.130. The molecule has 0 saturated heterocycles. The van der Waals surface area contributed by atoms with Crippen LogP contribution >= 0.6 is 11.6 Å². The van der Waals surface area contributed by atoms with E-state index in [1.54, 1.807) is 4.90 Å². The molecule has 1 amide bonds. The van der Waals surface area contributed by atoms with Gasteiger partial charge in [0.25, 0.3) is 0 Å². The summed E-state index contributed by atoms with van der Waals surface area (Å²) in [6, 6.07) is 8.19. The molecule has 0 heterocycles. The maximum atomic E-state index is 11.7. The molecule has 4 heteroatoms. The number of amides is 1. The smallest absolute Gasteiger partial charge is 0.222 e. The van der Waals surface area contributed by atoms with Crippen molar-refractivity contribution in [1.82, 2.24) is 4.90 Å². The van der Waals surface area contributed by atoms with Gasteiger partial charge in [0.05, 0.1) is 6.61 Å². The van der Waals surface area contributed by atoms with Gasteiger partial charge in [-0.05, 0) is 36.5 Å². The molecule has 0 bridgehead atoms. The van der Waals surface area contributed by atoms with Gasteiger partial charge in [0.1, 0.15) is 5.75 Å². The number of nitrogens with zero attached hydrogens (tertiary/aromatic N) is 1. The largest absolute Gasteiger partial charge is 0.494 e. The second-order valence-corrected chi connectivity index (χ2v) is 5.91. The van der Waals surface area contributed by atoms with Crippen molar-refractivity contribution < 1.29 is 9.53 Å². The molecular weight excluding hydrogens is 286 g/mol. The van der Waals surface area contributed by atoms with E-state index in [4.69, 9.17) is 16.3 Å². The van der Waals surface area contributed by atoms with E-state index in [0.29, 0.717) is 31.4 Å². The molecule has 21 heavy (non-hydrogen) atoms. The van der Waals surface area contributed by atoms with E-state index >= 15 is 0 Å². The maximum Gasteiger partial charge on any atom is 0.222 e. The molecule has 0 N–H and O–H groups in total. The van der Waals surface area contributed by atoms with Crippen LogP contribution in [0.15, 0.2) is 24.3 Å². The van der Waals surface area contributed by atoms with Gasteiger partial charge in [-0.2, -0.15) is 0 Å². The van der Waals surface area contributed by atoms with Crippen molar-refractivity contribution in [3.05, 3.63) is 29.8 Å².